The molecule has 0 spiro atoms. The first-order valence-corrected chi connectivity index (χ1v) is 9.06. The van der Waals surface area contributed by atoms with Gasteiger partial charge in [0.25, 0.3) is 0 Å². The molecule has 128 valence electrons. The second-order valence-electron chi connectivity index (χ2n) is 5.40. The van der Waals surface area contributed by atoms with Crippen LogP contribution in [0.1, 0.15) is 32.8 Å². The Balaban J connectivity index is 0.00000100. The zero-order chi connectivity index (χ0) is 17.6. The Hall–Kier alpha value is -2.01. The van der Waals surface area contributed by atoms with Gasteiger partial charge in [-0.3, -0.25) is 4.99 Å². The van der Waals surface area contributed by atoms with Crippen LogP contribution < -0.4 is 10.5 Å². The second kappa shape index (κ2) is 8.20. The van der Waals surface area contributed by atoms with Gasteiger partial charge >= 0.3 is 0 Å². The van der Waals surface area contributed by atoms with Gasteiger partial charge in [-0.2, -0.15) is 0 Å². The second-order valence-corrected chi connectivity index (χ2v) is 6.52. The maximum absolute atomic E-state index is 12.9. The lowest BCUT2D eigenvalue weighted by atomic mass is 9.90. The predicted molar refractivity (Wildman–Crippen MR) is 100 cm³/mol. The van der Waals surface area contributed by atoms with E-state index in [1.165, 1.54) is 12.1 Å². The molecule has 3 rings (SSSR count). The van der Waals surface area contributed by atoms with Crippen molar-refractivity contribution in [2.75, 3.05) is 5.75 Å². The van der Waals surface area contributed by atoms with E-state index in [-0.39, 0.29) is 11.4 Å². The molecule has 0 bridgehead atoms. The fraction of sp³-hybridized carbons (Fsp3) is 0.316. The van der Waals surface area contributed by atoms with Crippen molar-refractivity contribution in [3.8, 4) is 11.5 Å². The van der Waals surface area contributed by atoms with Crippen molar-refractivity contribution in [2.24, 2.45) is 10.7 Å². The maximum atomic E-state index is 12.9. The summed E-state index contributed by atoms with van der Waals surface area (Å²) in [6.45, 7) is 6.09. The summed E-state index contributed by atoms with van der Waals surface area (Å²) in [7, 11) is 0. The monoisotopic (exact) mass is 346 g/mol. The standard InChI is InChI=1S/C17H17FN2OS.C2H6/c1-17(10-11-22-16(19)20-17)12-2-6-14(7-3-12)21-15-8-4-13(18)5-9-15;1-2/h2-9H,10-11H2,1H3,(H2,19,20);1-2H3. The number of nitrogens with zero attached hydrogens (tertiary/aromatic N) is 1. The third-order valence-corrected chi connectivity index (χ3v) is 4.52. The number of thioether (sulfide) groups is 1. The molecule has 1 atom stereocenters. The Morgan fingerprint density at radius 1 is 1.04 bits per heavy atom. The summed E-state index contributed by atoms with van der Waals surface area (Å²) in [6, 6.07) is 13.8. The van der Waals surface area contributed by atoms with Crippen LogP contribution in [0, 0.1) is 5.82 Å². The van der Waals surface area contributed by atoms with Gasteiger partial charge < -0.3 is 10.5 Å². The van der Waals surface area contributed by atoms with Crippen molar-refractivity contribution >= 4 is 16.9 Å². The van der Waals surface area contributed by atoms with Gasteiger partial charge in [0.15, 0.2) is 5.17 Å². The third-order valence-electron chi connectivity index (χ3n) is 3.72. The molecule has 2 N–H and O–H groups in total. The minimum Gasteiger partial charge on any atom is -0.457 e. The first-order chi connectivity index (χ1) is 11.5. The molecular formula is C19H23FN2OS. The number of amidine groups is 1. The van der Waals surface area contributed by atoms with Crippen LogP contribution in [0.3, 0.4) is 0 Å². The van der Waals surface area contributed by atoms with Gasteiger partial charge in [-0.15, -0.1) is 0 Å². The van der Waals surface area contributed by atoms with Crippen LogP contribution in [0.5, 0.6) is 11.5 Å². The number of rotatable bonds is 3. The average Bonchev–Trinajstić information content (AvgIpc) is 2.59. The summed E-state index contributed by atoms with van der Waals surface area (Å²) in [5.41, 5.74) is 6.69. The van der Waals surface area contributed by atoms with Gasteiger partial charge in [0.1, 0.15) is 17.3 Å². The summed E-state index contributed by atoms with van der Waals surface area (Å²) in [5.74, 6) is 2.01. The molecular weight excluding hydrogens is 323 g/mol. The number of halogens is 1. The van der Waals surface area contributed by atoms with Gasteiger partial charge in [0.2, 0.25) is 0 Å². The van der Waals surface area contributed by atoms with Gasteiger partial charge in [0, 0.05) is 5.75 Å². The molecule has 0 aromatic heterocycles. The number of ether oxygens (including phenoxy) is 1. The fourth-order valence-electron chi connectivity index (χ4n) is 2.42. The van der Waals surface area contributed by atoms with Gasteiger partial charge in [-0.05, 0) is 55.3 Å². The van der Waals surface area contributed by atoms with Crippen LogP contribution >= 0.6 is 11.8 Å². The lowest BCUT2D eigenvalue weighted by molar-refractivity contribution is 0.470. The van der Waals surface area contributed by atoms with E-state index in [0.29, 0.717) is 16.7 Å². The minimum absolute atomic E-state index is 0.274. The lowest BCUT2D eigenvalue weighted by Gasteiger charge is -2.29. The summed E-state index contributed by atoms with van der Waals surface area (Å²) < 4.78 is 18.6. The minimum atomic E-state index is -0.277. The summed E-state index contributed by atoms with van der Waals surface area (Å²) in [6.07, 6.45) is 0.955. The highest BCUT2D eigenvalue weighted by atomic mass is 32.2. The van der Waals surface area contributed by atoms with E-state index in [1.54, 1.807) is 23.9 Å². The van der Waals surface area contributed by atoms with Crippen molar-refractivity contribution in [2.45, 2.75) is 32.7 Å². The van der Waals surface area contributed by atoms with E-state index in [2.05, 4.69) is 11.9 Å². The molecule has 1 aliphatic rings. The van der Waals surface area contributed by atoms with E-state index in [1.807, 2.05) is 38.1 Å². The molecule has 0 aliphatic carbocycles. The Labute approximate surface area is 147 Å². The molecule has 5 heteroatoms. The highest BCUT2D eigenvalue weighted by Crippen LogP contribution is 2.36. The molecule has 0 saturated carbocycles. The highest BCUT2D eigenvalue weighted by Gasteiger charge is 2.29. The molecule has 24 heavy (non-hydrogen) atoms. The average molecular weight is 346 g/mol. The zero-order valence-corrected chi connectivity index (χ0v) is 15.1. The predicted octanol–water partition coefficient (Wildman–Crippen LogP) is 5.31. The van der Waals surface area contributed by atoms with Crippen molar-refractivity contribution in [1.29, 1.82) is 0 Å². The largest absolute Gasteiger partial charge is 0.457 e. The van der Waals surface area contributed by atoms with E-state index >= 15 is 0 Å². The molecule has 0 amide bonds. The Morgan fingerprint density at radius 3 is 2.12 bits per heavy atom. The Bertz CT molecular complexity index is 686. The molecule has 0 saturated heterocycles. The molecule has 2 aromatic carbocycles. The van der Waals surface area contributed by atoms with E-state index < -0.39 is 0 Å². The SMILES string of the molecule is CC.CC1(c2ccc(Oc3ccc(F)cc3)cc2)CCSC(N)=N1. The Morgan fingerprint density at radius 2 is 1.58 bits per heavy atom. The van der Waals surface area contributed by atoms with Crippen LogP contribution in [0.2, 0.25) is 0 Å². The van der Waals surface area contributed by atoms with Crippen LogP contribution in [0.4, 0.5) is 4.39 Å². The normalized spacial score (nSPS) is 19.8. The number of benzene rings is 2. The van der Waals surface area contributed by atoms with Crippen LogP contribution in [-0.2, 0) is 5.54 Å². The van der Waals surface area contributed by atoms with Gasteiger partial charge in [-0.1, -0.05) is 37.7 Å². The zero-order valence-electron chi connectivity index (χ0n) is 14.3. The number of nitrogens with two attached hydrogens (primary N) is 1. The summed E-state index contributed by atoms with van der Waals surface area (Å²) >= 11 is 1.59. The number of aliphatic imine (C=N–C) groups is 1. The fourth-order valence-corrected chi connectivity index (χ4v) is 3.39. The smallest absolute Gasteiger partial charge is 0.154 e. The van der Waals surface area contributed by atoms with E-state index in [0.717, 1.165) is 17.7 Å². The summed E-state index contributed by atoms with van der Waals surface area (Å²) in [5, 5.41) is 0.639. The van der Waals surface area contributed by atoms with Crippen molar-refractivity contribution < 1.29 is 9.13 Å². The molecule has 0 fully saturated rings. The van der Waals surface area contributed by atoms with Crippen molar-refractivity contribution in [3.63, 3.8) is 0 Å². The van der Waals surface area contributed by atoms with Crippen LogP contribution in [0.15, 0.2) is 53.5 Å². The quantitative estimate of drug-likeness (QED) is 0.819. The van der Waals surface area contributed by atoms with Crippen LogP contribution in [-0.4, -0.2) is 10.9 Å². The van der Waals surface area contributed by atoms with E-state index in [9.17, 15) is 4.39 Å². The molecule has 2 aromatic rings. The molecule has 1 unspecified atom stereocenters. The molecule has 1 heterocycles. The maximum Gasteiger partial charge on any atom is 0.154 e. The van der Waals surface area contributed by atoms with Gasteiger partial charge in [0.05, 0.1) is 5.54 Å². The number of hydrogen-bond acceptors (Lipinski definition) is 4. The molecule has 0 radical (unpaired) electrons. The Kier molecular flexibility index (Phi) is 6.26. The third kappa shape index (κ3) is 4.51. The first-order valence-electron chi connectivity index (χ1n) is 8.07. The van der Waals surface area contributed by atoms with Gasteiger partial charge in [-0.25, -0.2) is 4.39 Å². The van der Waals surface area contributed by atoms with E-state index in [4.69, 9.17) is 10.5 Å². The first kappa shape index (κ1) is 18.3. The summed E-state index contributed by atoms with van der Waals surface area (Å²) in [4.78, 5) is 4.58. The molecule has 1 aliphatic heterocycles. The van der Waals surface area contributed by atoms with Crippen LogP contribution in [0.25, 0.3) is 0 Å². The topological polar surface area (TPSA) is 47.6 Å². The highest BCUT2D eigenvalue weighted by molar-refractivity contribution is 8.13. The van der Waals surface area contributed by atoms with Crippen molar-refractivity contribution in [1.82, 2.24) is 0 Å². The molecule has 3 nitrogen and oxygen atoms in total. The number of hydrogen-bond donors (Lipinski definition) is 1. The van der Waals surface area contributed by atoms with Crippen molar-refractivity contribution in [3.05, 3.63) is 59.9 Å². The lowest BCUT2D eigenvalue weighted by Crippen LogP contribution is -2.28.